The van der Waals surface area contributed by atoms with Crippen molar-refractivity contribution in [2.75, 3.05) is 44.8 Å². The lowest BCUT2D eigenvalue weighted by atomic mass is 9.77. The Balaban J connectivity index is 1.57. The van der Waals surface area contributed by atoms with Crippen LogP contribution in [0.5, 0.6) is 5.75 Å². The molecule has 36 heavy (non-hydrogen) atoms. The quantitative estimate of drug-likeness (QED) is 0.574. The van der Waals surface area contributed by atoms with Crippen LogP contribution in [-0.2, 0) is 19.1 Å². The van der Waals surface area contributed by atoms with Crippen molar-refractivity contribution in [1.29, 1.82) is 0 Å². The Morgan fingerprint density at radius 2 is 1.83 bits per heavy atom. The van der Waals surface area contributed by atoms with Gasteiger partial charge in [-0.05, 0) is 37.1 Å². The van der Waals surface area contributed by atoms with E-state index in [2.05, 4.69) is 0 Å². The topological polar surface area (TPSA) is 99.6 Å². The molecule has 0 aromatic heterocycles. The molecule has 1 aromatic rings. The van der Waals surface area contributed by atoms with Crippen LogP contribution in [0.25, 0.3) is 0 Å². The van der Waals surface area contributed by atoms with E-state index < -0.39 is 29.6 Å². The minimum atomic E-state index is -1.25. The Labute approximate surface area is 210 Å². The maximum Gasteiger partial charge on any atom is 0.253 e. The SMILES string of the molecule is CCCN1CC=C[C@H]2O[C@]34C=CCN(c5ccc(OC)cc5)C(=O)C3N(CCCO)C(=O)[C@@H]4[C@H]2C1=O. The first-order chi connectivity index (χ1) is 17.5. The van der Waals surface area contributed by atoms with E-state index in [1.807, 2.05) is 43.4 Å². The molecular weight excluding hydrogens is 462 g/mol. The molecule has 5 rings (SSSR count). The normalized spacial score (nSPS) is 31.3. The summed E-state index contributed by atoms with van der Waals surface area (Å²) in [5, 5.41) is 9.51. The number of aliphatic hydroxyl groups is 1. The second kappa shape index (κ2) is 9.71. The van der Waals surface area contributed by atoms with Crippen molar-refractivity contribution >= 4 is 23.4 Å². The number of ether oxygens (including phenoxy) is 2. The number of nitrogens with zero attached hydrogens (tertiary/aromatic N) is 3. The Morgan fingerprint density at radius 3 is 2.53 bits per heavy atom. The first-order valence-corrected chi connectivity index (χ1v) is 12.6. The molecule has 1 spiro atoms. The van der Waals surface area contributed by atoms with Crippen molar-refractivity contribution in [1.82, 2.24) is 9.80 Å². The molecule has 3 amide bonds. The number of amides is 3. The third kappa shape index (κ3) is 3.72. The third-order valence-electron chi connectivity index (χ3n) is 7.68. The first kappa shape index (κ1) is 24.5. The lowest BCUT2D eigenvalue weighted by molar-refractivity contribution is -0.144. The van der Waals surface area contributed by atoms with Gasteiger partial charge in [0.25, 0.3) is 5.91 Å². The highest BCUT2D eigenvalue weighted by molar-refractivity contribution is 6.05. The molecule has 4 aliphatic heterocycles. The summed E-state index contributed by atoms with van der Waals surface area (Å²) in [6.45, 7) is 3.49. The molecule has 1 unspecified atom stereocenters. The molecule has 1 N–H and O–H groups in total. The molecule has 0 bridgehead atoms. The Kier molecular flexibility index (Phi) is 6.61. The number of anilines is 1. The predicted octanol–water partition coefficient (Wildman–Crippen LogP) is 1.37. The van der Waals surface area contributed by atoms with E-state index in [0.29, 0.717) is 37.5 Å². The van der Waals surface area contributed by atoms with Crippen molar-refractivity contribution in [2.45, 2.75) is 37.5 Å². The second-order valence-electron chi connectivity index (χ2n) is 9.71. The predicted molar refractivity (Wildman–Crippen MR) is 132 cm³/mol. The summed E-state index contributed by atoms with van der Waals surface area (Å²) in [5.41, 5.74) is -0.576. The largest absolute Gasteiger partial charge is 0.497 e. The first-order valence-electron chi connectivity index (χ1n) is 12.6. The highest BCUT2D eigenvalue weighted by Gasteiger charge is 2.71. The van der Waals surface area contributed by atoms with E-state index in [1.165, 1.54) is 4.90 Å². The molecular formula is C27H33N3O6. The molecule has 4 aliphatic rings. The van der Waals surface area contributed by atoms with Crippen LogP contribution in [0.2, 0.25) is 0 Å². The summed E-state index contributed by atoms with van der Waals surface area (Å²) < 4.78 is 11.8. The van der Waals surface area contributed by atoms with Crippen molar-refractivity contribution in [2.24, 2.45) is 11.8 Å². The molecule has 5 atom stereocenters. The number of benzene rings is 1. The average Bonchev–Trinajstić information content (AvgIpc) is 3.20. The fourth-order valence-electron chi connectivity index (χ4n) is 6.14. The van der Waals surface area contributed by atoms with E-state index >= 15 is 0 Å². The smallest absolute Gasteiger partial charge is 0.253 e. The van der Waals surface area contributed by atoms with E-state index in [0.717, 1.165) is 6.42 Å². The van der Waals surface area contributed by atoms with Gasteiger partial charge in [0.15, 0.2) is 0 Å². The number of hydrogen-bond donors (Lipinski definition) is 1. The second-order valence-corrected chi connectivity index (χ2v) is 9.71. The molecule has 9 heteroatoms. The van der Waals surface area contributed by atoms with Crippen molar-refractivity contribution in [3.05, 3.63) is 48.6 Å². The van der Waals surface area contributed by atoms with Gasteiger partial charge in [-0.15, -0.1) is 0 Å². The molecule has 2 fully saturated rings. The van der Waals surface area contributed by atoms with E-state index in [-0.39, 0.29) is 30.9 Å². The third-order valence-corrected chi connectivity index (χ3v) is 7.68. The van der Waals surface area contributed by atoms with E-state index in [1.54, 1.807) is 29.0 Å². The summed E-state index contributed by atoms with van der Waals surface area (Å²) in [4.78, 5) is 46.7. The van der Waals surface area contributed by atoms with Gasteiger partial charge in [0.05, 0.1) is 25.0 Å². The van der Waals surface area contributed by atoms with Crippen LogP contribution in [-0.4, -0.2) is 90.3 Å². The molecule has 0 aliphatic carbocycles. The van der Waals surface area contributed by atoms with Crippen LogP contribution in [0.15, 0.2) is 48.6 Å². The minimum absolute atomic E-state index is 0.109. The van der Waals surface area contributed by atoms with Crippen LogP contribution >= 0.6 is 0 Å². The van der Waals surface area contributed by atoms with Gasteiger partial charge in [0.1, 0.15) is 17.4 Å². The van der Waals surface area contributed by atoms with Gasteiger partial charge in [-0.3, -0.25) is 14.4 Å². The summed E-state index contributed by atoms with van der Waals surface area (Å²) in [5.74, 6) is -1.48. The Hall–Kier alpha value is -3.17. The molecule has 2 saturated heterocycles. The van der Waals surface area contributed by atoms with Crippen LogP contribution in [0, 0.1) is 11.8 Å². The maximum atomic E-state index is 14.2. The molecule has 0 saturated carbocycles. The fourth-order valence-corrected chi connectivity index (χ4v) is 6.14. The number of methoxy groups -OCH3 is 1. The summed E-state index contributed by atoms with van der Waals surface area (Å²) in [7, 11) is 1.58. The maximum absolute atomic E-state index is 14.2. The Bertz CT molecular complexity index is 1090. The van der Waals surface area contributed by atoms with Crippen molar-refractivity contribution in [3.8, 4) is 5.75 Å². The lowest BCUT2D eigenvalue weighted by Gasteiger charge is -2.35. The number of hydrogen-bond acceptors (Lipinski definition) is 6. The molecule has 1 aromatic carbocycles. The average molecular weight is 496 g/mol. The lowest BCUT2D eigenvalue weighted by Crippen LogP contribution is -2.55. The van der Waals surface area contributed by atoms with Gasteiger partial charge >= 0.3 is 0 Å². The van der Waals surface area contributed by atoms with Gasteiger partial charge in [0, 0.05) is 38.5 Å². The number of carbonyl (C=O) groups is 3. The van der Waals surface area contributed by atoms with Gasteiger partial charge in [-0.2, -0.15) is 0 Å². The van der Waals surface area contributed by atoms with Crippen LogP contribution < -0.4 is 9.64 Å². The highest BCUT2D eigenvalue weighted by atomic mass is 16.5. The van der Waals surface area contributed by atoms with Crippen molar-refractivity contribution < 1.29 is 29.0 Å². The summed E-state index contributed by atoms with van der Waals surface area (Å²) in [6.07, 6.45) is 8.04. The van der Waals surface area contributed by atoms with Gasteiger partial charge in [-0.25, -0.2) is 0 Å². The molecule has 9 nitrogen and oxygen atoms in total. The highest BCUT2D eigenvalue weighted by Crippen LogP contribution is 2.53. The van der Waals surface area contributed by atoms with Crippen molar-refractivity contribution in [3.63, 3.8) is 0 Å². The standard InChI is InChI=1S/C27H33N3O6/c1-3-13-28-14-4-7-20-21(24(28)32)22-25(33)30(16-6-17-31)23-26(34)29(15-5-12-27(22,23)36-20)18-8-10-19(35-2)11-9-18/h4-5,7-12,20-23,31H,3,6,13-17H2,1-2H3/t20-,21+,22+,23?,27+/m1/s1. The Morgan fingerprint density at radius 1 is 1.06 bits per heavy atom. The number of rotatable bonds is 7. The van der Waals surface area contributed by atoms with Gasteiger partial charge in [0.2, 0.25) is 11.8 Å². The van der Waals surface area contributed by atoms with E-state index in [9.17, 15) is 19.5 Å². The number of aliphatic hydroxyl groups excluding tert-OH is 1. The summed E-state index contributed by atoms with van der Waals surface area (Å²) >= 11 is 0. The monoisotopic (exact) mass is 495 g/mol. The zero-order valence-electron chi connectivity index (χ0n) is 20.7. The molecule has 192 valence electrons. The molecule has 0 radical (unpaired) electrons. The van der Waals surface area contributed by atoms with Crippen LogP contribution in [0.4, 0.5) is 5.69 Å². The van der Waals surface area contributed by atoms with E-state index in [4.69, 9.17) is 9.47 Å². The number of carbonyl (C=O) groups excluding carboxylic acids is 3. The minimum Gasteiger partial charge on any atom is -0.497 e. The van der Waals surface area contributed by atoms with Gasteiger partial charge < -0.3 is 29.3 Å². The zero-order chi connectivity index (χ0) is 25.4. The van der Waals surface area contributed by atoms with Crippen LogP contribution in [0.3, 0.4) is 0 Å². The molecule has 4 heterocycles. The summed E-state index contributed by atoms with van der Waals surface area (Å²) in [6, 6.07) is 6.26. The zero-order valence-corrected chi connectivity index (χ0v) is 20.7. The van der Waals surface area contributed by atoms with Crippen LogP contribution in [0.1, 0.15) is 19.8 Å². The number of fused-ring (bicyclic) bond motifs is 2. The number of likely N-dealkylation sites (tertiary alicyclic amines) is 1. The fraction of sp³-hybridized carbons (Fsp3) is 0.519. The van der Waals surface area contributed by atoms with Gasteiger partial charge in [-0.1, -0.05) is 31.2 Å².